The number of anilines is 1. The van der Waals surface area contributed by atoms with Crippen LogP contribution in [-0.4, -0.2) is 25.6 Å². The zero-order valence-electron chi connectivity index (χ0n) is 14.1. The summed E-state index contributed by atoms with van der Waals surface area (Å²) in [6.45, 7) is 3.71. The lowest BCUT2D eigenvalue weighted by atomic mass is 9.84. The second-order valence-corrected chi connectivity index (χ2v) is 9.41. The highest BCUT2D eigenvalue weighted by Crippen LogP contribution is 2.30. The maximum Gasteiger partial charge on any atom is 0.236 e. The van der Waals surface area contributed by atoms with E-state index in [1.807, 2.05) is 44.2 Å². The minimum atomic E-state index is -3.28. The zero-order chi connectivity index (χ0) is 18.2. The summed E-state index contributed by atoms with van der Waals surface area (Å²) < 4.78 is 24.0. The number of fused-ring (bicyclic) bond motifs is 1. The predicted octanol–water partition coefficient (Wildman–Crippen LogP) is 3.62. The van der Waals surface area contributed by atoms with Crippen molar-refractivity contribution in [1.82, 2.24) is 4.98 Å². The molecule has 0 spiro atoms. The van der Waals surface area contributed by atoms with Crippen LogP contribution in [-0.2, 0) is 20.0 Å². The van der Waals surface area contributed by atoms with Crippen LogP contribution in [0.2, 0.25) is 0 Å². The molecule has 0 aliphatic heterocycles. The van der Waals surface area contributed by atoms with Gasteiger partial charge in [0.1, 0.15) is 0 Å². The van der Waals surface area contributed by atoms with Crippen LogP contribution in [0, 0.1) is 0 Å². The quantitative estimate of drug-likeness (QED) is 0.757. The molecule has 0 fully saturated rings. The van der Waals surface area contributed by atoms with Crippen LogP contribution < -0.4 is 5.32 Å². The SMILES string of the molecule is CC(C)(C(=O)Nc1nc2ccc(S(C)(=O)=O)cc2s1)c1ccccc1. The average molecular weight is 374 g/mol. The van der Waals surface area contributed by atoms with Gasteiger partial charge in [-0.1, -0.05) is 41.7 Å². The molecule has 5 nitrogen and oxygen atoms in total. The van der Waals surface area contributed by atoms with Crippen molar-refractivity contribution < 1.29 is 13.2 Å². The molecule has 2 aromatic carbocycles. The minimum absolute atomic E-state index is 0.166. The lowest BCUT2D eigenvalue weighted by Gasteiger charge is -2.23. The van der Waals surface area contributed by atoms with E-state index in [0.29, 0.717) is 10.6 Å². The monoisotopic (exact) mass is 374 g/mol. The Bertz CT molecular complexity index is 1040. The first kappa shape index (κ1) is 17.6. The third-order valence-electron chi connectivity index (χ3n) is 4.07. The highest BCUT2D eigenvalue weighted by atomic mass is 32.2. The highest BCUT2D eigenvalue weighted by Gasteiger charge is 2.30. The van der Waals surface area contributed by atoms with E-state index < -0.39 is 15.3 Å². The summed E-state index contributed by atoms with van der Waals surface area (Å²) in [7, 11) is -3.28. The second-order valence-electron chi connectivity index (χ2n) is 6.37. The van der Waals surface area contributed by atoms with Gasteiger partial charge in [0.15, 0.2) is 15.0 Å². The van der Waals surface area contributed by atoms with Gasteiger partial charge >= 0.3 is 0 Å². The highest BCUT2D eigenvalue weighted by molar-refractivity contribution is 7.90. The molecule has 1 N–H and O–H groups in total. The molecule has 0 aliphatic carbocycles. The number of hydrogen-bond acceptors (Lipinski definition) is 5. The van der Waals surface area contributed by atoms with Gasteiger partial charge in [0.2, 0.25) is 5.91 Å². The fourth-order valence-corrected chi connectivity index (χ4v) is 4.05. The fourth-order valence-electron chi connectivity index (χ4n) is 2.43. The number of nitrogens with zero attached hydrogens (tertiary/aromatic N) is 1. The van der Waals surface area contributed by atoms with E-state index in [-0.39, 0.29) is 10.8 Å². The minimum Gasteiger partial charge on any atom is -0.301 e. The fraction of sp³-hybridized carbons (Fsp3) is 0.222. The van der Waals surface area contributed by atoms with Crippen LogP contribution in [0.1, 0.15) is 19.4 Å². The van der Waals surface area contributed by atoms with Crippen molar-refractivity contribution in [1.29, 1.82) is 0 Å². The molecule has 0 radical (unpaired) electrons. The van der Waals surface area contributed by atoms with E-state index in [9.17, 15) is 13.2 Å². The number of thiazole rings is 1. The van der Waals surface area contributed by atoms with E-state index in [1.54, 1.807) is 12.1 Å². The first-order valence-corrected chi connectivity index (χ1v) is 10.4. The first-order valence-electron chi connectivity index (χ1n) is 7.65. The lowest BCUT2D eigenvalue weighted by molar-refractivity contribution is -0.120. The van der Waals surface area contributed by atoms with Crippen LogP contribution in [0.25, 0.3) is 10.2 Å². The normalized spacial score (nSPS) is 12.3. The van der Waals surface area contributed by atoms with E-state index in [2.05, 4.69) is 10.3 Å². The zero-order valence-corrected chi connectivity index (χ0v) is 15.7. The third kappa shape index (κ3) is 3.57. The molecule has 1 heterocycles. The Labute approximate surface area is 150 Å². The first-order chi connectivity index (χ1) is 11.7. The number of carbonyl (C=O) groups is 1. The van der Waals surface area contributed by atoms with E-state index >= 15 is 0 Å². The van der Waals surface area contributed by atoms with Crippen LogP contribution >= 0.6 is 11.3 Å². The van der Waals surface area contributed by atoms with Crippen molar-refractivity contribution in [3.8, 4) is 0 Å². The summed E-state index contributed by atoms with van der Waals surface area (Å²) in [6.07, 6.45) is 1.17. The molecular weight excluding hydrogens is 356 g/mol. The molecule has 3 rings (SSSR count). The molecule has 3 aromatic rings. The number of benzene rings is 2. The van der Waals surface area contributed by atoms with E-state index in [1.165, 1.54) is 23.7 Å². The van der Waals surface area contributed by atoms with Crippen molar-refractivity contribution in [2.75, 3.05) is 11.6 Å². The molecule has 130 valence electrons. The molecule has 0 atom stereocenters. The van der Waals surface area contributed by atoms with Gasteiger partial charge in [-0.05, 0) is 37.6 Å². The standard InChI is InChI=1S/C18H18N2O3S2/c1-18(2,12-7-5-4-6-8-12)16(21)20-17-19-14-10-9-13(25(3,22)23)11-15(14)24-17/h4-11H,1-3H3,(H,19,20,21). The van der Waals surface area contributed by atoms with Gasteiger partial charge in [0, 0.05) is 6.26 Å². The molecule has 0 unspecified atom stereocenters. The van der Waals surface area contributed by atoms with Gasteiger partial charge < -0.3 is 5.32 Å². The Balaban J connectivity index is 1.89. The Morgan fingerprint density at radius 2 is 1.80 bits per heavy atom. The number of hydrogen-bond donors (Lipinski definition) is 1. The molecule has 7 heteroatoms. The molecule has 0 saturated carbocycles. The van der Waals surface area contributed by atoms with E-state index in [0.717, 1.165) is 10.3 Å². The summed E-state index contributed by atoms with van der Waals surface area (Å²) in [5, 5.41) is 3.30. The Morgan fingerprint density at radius 3 is 2.44 bits per heavy atom. The summed E-state index contributed by atoms with van der Waals surface area (Å²) in [4.78, 5) is 17.3. The van der Waals surface area contributed by atoms with E-state index in [4.69, 9.17) is 0 Å². The van der Waals surface area contributed by atoms with Gasteiger partial charge in [-0.25, -0.2) is 13.4 Å². The van der Waals surface area contributed by atoms with Crippen molar-refractivity contribution >= 4 is 42.4 Å². The number of sulfone groups is 1. The molecular formula is C18H18N2O3S2. The van der Waals surface area contributed by atoms with Crippen molar-refractivity contribution in [3.63, 3.8) is 0 Å². The molecule has 1 aromatic heterocycles. The van der Waals surface area contributed by atoms with Crippen LogP contribution in [0.15, 0.2) is 53.4 Å². The summed E-state index contributed by atoms with van der Waals surface area (Å²) in [6, 6.07) is 14.3. The van der Waals surface area contributed by atoms with Crippen molar-refractivity contribution in [2.24, 2.45) is 0 Å². The lowest BCUT2D eigenvalue weighted by Crippen LogP contribution is -2.34. The largest absolute Gasteiger partial charge is 0.301 e. The molecule has 0 saturated heterocycles. The van der Waals surface area contributed by atoms with Crippen molar-refractivity contribution in [3.05, 3.63) is 54.1 Å². The Kier molecular flexibility index (Phi) is 4.38. The molecule has 1 amide bonds. The number of amides is 1. The van der Waals surface area contributed by atoms with Gasteiger partial charge in [0.25, 0.3) is 0 Å². The van der Waals surface area contributed by atoms with Gasteiger partial charge in [0.05, 0.1) is 20.5 Å². The summed E-state index contributed by atoms with van der Waals surface area (Å²) in [5.74, 6) is -0.166. The smallest absolute Gasteiger partial charge is 0.236 e. The van der Waals surface area contributed by atoms with Crippen LogP contribution in [0.5, 0.6) is 0 Å². The Hall–Kier alpha value is -2.25. The second kappa shape index (κ2) is 6.24. The maximum absolute atomic E-state index is 12.7. The number of carbonyl (C=O) groups excluding carboxylic acids is 1. The average Bonchev–Trinajstić information content (AvgIpc) is 2.96. The number of rotatable bonds is 4. The Morgan fingerprint density at radius 1 is 1.12 bits per heavy atom. The predicted molar refractivity (Wildman–Crippen MR) is 101 cm³/mol. The van der Waals surface area contributed by atoms with Crippen LogP contribution in [0.4, 0.5) is 5.13 Å². The molecule has 25 heavy (non-hydrogen) atoms. The van der Waals surface area contributed by atoms with Gasteiger partial charge in [-0.2, -0.15) is 0 Å². The van der Waals surface area contributed by atoms with Gasteiger partial charge in [-0.15, -0.1) is 0 Å². The summed E-state index contributed by atoms with van der Waals surface area (Å²) >= 11 is 1.26. The molecule has 0 aliphatic rings. The van der Waals surface area contributed by atoms with Gasteiger partial charge in [-0.3, -0.25) is 4.79 Å². The number of nitrogens with one attached hydrogen (secondary N) is 1. The van der Waals surface area contributed by atoms with Crippen molar-refractivity contribution in [2.45, 2.75) is 24.2 Å². The maximum atomic E-state index is 12.7. The topological polar surface area (TPSA) is 76.1 Å². The molecule has 0 bridgehead atoms. The summed E-state index contributed by atoms with van der Waals surface area (Å²) in [5.41, 5.74) is 0.856. The number of aromatic nitrogens is 1. The third-order valence-corrected chi connectivity index (χ3v) is 6.12. The van der Waals surface area contributed by atoms with Crippen LogP contribution in [0.3, 0.4) is 0 Å².